The molecule has 1 heterocycles. The number of hydrogen-bond acceptors (Lipinski definition) is 5. The van der Waals surface area contributed by atoms with E-state index in [0.717, 1.165) is 5.56 Å². The molecular weight excluding hydrogens is 358 g/mol. The summed E-state index contributed by atoms with van der Waals surface area (Å²) in [6.07, 6.45) is 1.51. The number of hydrogen-bond donors (Lipinski definition) is 2. The molecule has 1 atom stereocenters. The Balaban J connectivity index is 1.53. The minimum absolute atomic E-state index is 0.0591. The Morgan fingerprint density at radius 3 is 2.43 bits per heavy atom. The normalized spacial score (nSPS) is 14.5. The molecule has 0 aromatic heterocycles. The third-order valence-corrected chi connectivity index (χ3v) is 4.21. The summed E-state index contributed by atoms with van der Waals surface area (Å²) in [6.45, 7) is 1.44. The molecule has 0 bridgehead atoms. The first-order valence-electron chi connectivity index (χ1n) is 8.91. The number of para-hydroxylation sites is 1. The van der Waals surface area contributed by atoms with Gasteiger partial charge in [0.2, 0.25) is 5.91 Å². The highest BCUT2D eigenvalue weighted by Gasteiger charge is 2.25. The van der Waals surface area contributed by atoms with Crippen molar-refractivity contribution in [1.82, 2.24) is 10.7 Å². The number of ether oxygens (including phenoxy) is 1. The van der Waals surface area contributed by atoms with Gasteiger partial charge in [-0.2, -0.15) is 0 Å². The average Bonchev–Trinajstić information content (AvgIpc) is 2.73. The van der Waals surface area contributed by atoms with E-state index in [4.69, 9.17) is 4.74 Å². The summed E-state index contributed by atoms with van der Waals surface area (Å²) in [6, 6.07) is 18.2. The SMILES string of the molecule is C[C@H](NC(=O)COC(=O)C1=CCC(=O)N(c2ccccc2)N1)c1ccccc1. The fourth-order valence-electron chi connectivity index (χ4n) is 2.74. The molecule has 7 nitrogen and oxygen atoms in total. The summed E-state index contributed by atoms with van der Waals surface area (Å²) in [4.78, 5) is 36.4. The number of benzene rings is 2. The van der Waals surface area contributed by atoms with Crippen LogP contribution in [0, 0.1) is 0 Å². The van der Waals surface area contributed by atoms with Gasteiger partial charge in [0.05, 0.1) is 11.7 Å². The van der Waals surface area contributed by atoms with Crippen LogP contribution in [0.3, 0.4) is 0 Å². The van der Waals surface area contributed by atoms with Crippen molar-refractivity contribution in [3.05, 3.63) is 78.0 Å². The van der Waals surface area contributed by atoms with Crippen LogP contribution in [0.2, 0.25) is 0 Å². The maximum Gasteiger partial charge on any atom is 0.356 e. The largest absolute Gasteiger partial charge is 0.451 e. The predicted molar refractivity (Wildman–Crippen MR) is 104 cm³/mol. The van der Waals surface area contributed by atoms with Crippen LogP contribution >= 0.6 is 0 Å². The van der Waals surface area contributed by atoms with Crippen molar-refractivity contribution in [3.8, 4) is 0 Å². The topological polar surface area (TPSA) is 87.7 Å². The number of amides is 2. The van der Waals surface area contributed by atoms with Crippen molar-refractivity contribution in [2.75, 3.05) is 11.6 Å². The standard InChI is InChI=1S/C21H21N3O4/c1-15(16-8-4-2-5-9-16)22-19(25)14-28-21(27)18-12-13-20(26)24(23-18)17-10-6-3-7-11-17/h2-12,15,23H,13-14H2,1H3,(H,22,25)/t15-/m0/s1. The van der Waals surface area contributed by atoms with Gasteiger partial charge in [-0.1, -0.05) is 48.5 Å². The molecule has 28 heavy (non-hydrogen) atoms. The number of carbonyl (C=O) groups is 3. The number of nitrogens with one attached hydrogen (secondary N) is 2. The molecule has 0 radical (unpaired) electrons. The van der Waals surface area contributed by atoms with Crippen LogP contribution < -0.4 is 15.8 Å². The van der Waals surface area contributed by atoms with Crippen LogP contribution in [0.4, 0.5) is 5.69 Å². The summed E-state index contributed by atoms with van der Waals surface area (Å²) >= 11 is 0. The van der Waals surface area contributed by atoms with E-state index in [0.29, 0.717) is 5.69 Å². The highest BCUT2D eigenvalue weighted by Crippen LogP contribution is 2.17. The van der Waals surface area contributed by atoms with Gasteiger partial charge in [-0.05, 0) is 30.7 Å². The third-order valence-electron chi connectivity index (χ3n) is 4.21. The summed E-state index contributed by atoms with van der Waals surface area (Å²) in [7, 11) is 0. The lowest BCUT2D eigenvalue weighted by atomic mass is 10.1. The zero-order valence-corrected chi connectivity index (χ0v) is 15.4. The molecule has 3 rings (SSSR count). The summed E-state index contributed by atoms with van der Waals surface area (Å²) in [5.74, 6) is -1.30. The molecular formula is C21H21N3O4. The second kappa shape index (κ2) is 8.85. The van der Waals surface area contributed by atoms with Gasteiger partial charge in [-0.15, -0.1) is 0 Å². The van der Waals surface area contributed by atoms with E-state index in [9.17, 15) is 14.4 Å². The molecule has 2 N–H and O–H groups in total. The Hall–Kier alpha value is -3.61. The van der Waals surface area contributed by atoms with Crippen LogP contribution in [0.15, 0.2) is 72.4 Å². The van der Waals surface area contributed by atoms with E-state index in [1.165, 1.54) is 11.1 Å². The average molecular weight is 379 g/mol. The Kier molecular flexibility index (Phi) is 6.06. The number of hydrazine groups is 1. The van der Waals surface area contributed by atoms with E-state index in [1.807, 2.05) is 43.3 Å². The van der Waals surface area contributed by atoms with Gasteiger partial charge in [0.25, 0.3) is 5.91 Å². The fraction of sp³-hybridized carbons (Fsp3) is 0.190. The van der Waals surface area contributed by atoms with Crippen molar-refractivity contribution in [3.63, 3.8) is 0 Å². The molecule has 0 unspecified atom stereocenters. The molecule has 0 spiro atoms. The van der Waals surface area contributed by atoms with Crippen LogP contribution in [0.25, 0.3) is 0 Å². The molecule has 2 amide bonds. The number of anilines is 1. The molecule has 0 aliphatic carbocycles. The molecule has 0 saturated heterocycles. The van der Waals surface area contributed by atoms with Crippen molar-refractivity contribution in [1.29, 1.82) is 0 Å². The van der Waals surface area contributed by atoms with Crippen molar-refractivity contribution < 1.29 is 19.1 Å². The monoisotopic (exact) mass is 379 g/mol. The van der Waals surface area contributed by atoms with Gasteiger partial charge in [0, 0.05) is 6.42 Å². The van der Waals surface area contributed by atoms with E-state index in [-0.39, 0.29) is 24.1 Å². The maximum atomic E-state index is 12.3. The van der Waals surface area contributed by atoms with Crippen molar-refractivity contribution in [2.45, 2.75) is 19.4 Å². The van der Waals surface area contributed by atoms with Gasteiger partial charge < -0.3 is 10.1 Å². The highest BCUT2D eigenvalue weighted by molar-refractivity contribution is 5.99. The van der Waals surface area contributed by atoms with Gasteiger partial charge in [-0.3, -0.25) is 15.0 Å². The fourth-order valence-corrected chi connectivity index (χ4v) is 2.74. The first-order chi connectivity index (χ1) is 13.5. The zero-order chi connectivity index (χ0) is 19.9. The summed E-state index contributed by atoms with van der Waals surface area (Å²) in [5, 5.41) is 4.06. The Morgan fingerprint density at radius 2 is 1.75 bits per heavy atom. The molecule has 2 aromatic carbocycles. The minimum Gasteiger partial charge on any atom is -0.451 e. The highest BCUT2D eigenvalue weighted by atomic mass is 16.5. The zero-order valence-electron chi connectivity index (χ0n) is 15.4. The van der Waals surface area contributed by atoms with Crippen LogP contribution in [-0.4, -0.2) is 24.4 Å². The Bertz CT molecular complexity index is 881. The number of carbonyl (C=O) groups excluding carboxylic acids is 3. The van der Waals surface area contributed by atoms with E-state index >= 15 is 0 Å². The lowest BCUT2D eigenvalue weighted by molar-refractivity contribution is -0.145. The molecule has 1 aliphatic heterocycles. The van der Waals surface area contributed by atoms with Crippen molar-refractivity contribution in [2.24, 2.45) is 0 Å². The molecule has 1 aliphatic rings. The van der Waals surface area contributed by atoms with E-state index in [2.05, 4.69) is 10.7 Å². The second-order valence-corrected chi connectivity index (χ2v) is 6.27. The molecule has 7 heteroatoms. The maximum absolute atomic E-state index is 12.3. The molecule has 0 fully saturated rings. The number of esters is 1. The van der Waals surface area contributed by atoms with Gasteiger partial charge in [-0.25, -0.2) is 9.80 Å². The van der Waals surface area contributed by atoms with E-state index < -0.39 is 18.5 Å². The quantitative estimate of drug-likeness (QED) is 0.752. The van der Waals surface area contributed by atoms with Crippen LogP contribution in [0.1, 0.15) is 24.9 Å². The van der Waals surface area contributed by atoms with Crippen LogP contribution in [-0.2, 0) is 19.1 Å². The summed E-state index contributed by atoms with van der Waals surface area (Å²) in [5.41, 5.74) is 4.43. The first-order valence-corrected chi connectivity index (χ1v) is 8.91. The predicted octanol–water partition coefficient (Wildman–Crippen LogP) is 2.23. The van der Waals surface area contributed by atoms with Crippen molar-refractivity contribution >= 4 is 23.5 Å². The van der Waals surface area contributed by atoms with E-state index in [1.54, 1.807) is 24.3 Å². The Morgan fingerprint density at radius 1 is 1.11 bits per heavy atom. The first kappa shape index (κ1) is 19.2. The lowest BCUT2D eigenvalue weighted by Crippen LogP contribution is -2.47. The number of rotatable bonds is 6. The molecule has 144 valence electrons. The minimum atomic E-state index is -0.698. The second-order valence-electron chi connectivity index (χ2n) is 6.27. The molecule has 2 aromatic rings. The van der Waals surface area contributed by atoms with Gasteiger partial charge in [0.1, 0.15) is 5.70 Å². The molecule has 0 saturated carbocycles. The Labute approximate surface area is 163 Å². The summed E-state index contributed by atoms with van der Waals surface area (Å²) < 4.78 is 5.08. The third kappa shape index (κ3) is 4.76. The van der Waals surface area contributed by atoms with Gasteiger partial charge in [0.15, 0.2) is 6.61 Å². The lowest BCUT2D eigenvalue weighted by Gasteiger charge is -2.28. The van der Waals surface area contributed by atoms with Gasteiger partial charge >= 0.3 is 5.97 Å². The smallest absolute Gasteiger partial charge is 0.356 e. The number of nitrogens with zero attached hydrogens (tertiary/aromatic N) is 1. The van der Waals surface area contributed by atoms with Crippen LogP contribution in [0.5, 0.6) is 0 Å².